The summed E-state index contributed by atoms with van der Waals surface area (Å²) in [6.45, 7) is 0. The smallest absolute Gasteiger partial charge is 0.248 e. The third-order valence-electron chi connectivity index (χ3n) is 4.22. The van der Waals surface area contributed by atoms with Crippen molar-refractivity contribution in [3.8, 4) is 5.75 Å². The second kappa shape index (κ2) is 3.73. The van der Waals surface area contributed by atoms with Crippen LogP contribution in [-0.4, -0.2) is 10.6 Å². The van der Waals surface area contributed by atoms with Gasteiger partial charge in [0.25, 0.3) is 0 Å². The van der Waals surface area contributed by atoms with E-state index in [0.29, 0.717) is 0 Å². The molecule has 0 unspecified atom stereocenters. The Labute approximate surface area is 110 Å². The number of H-pyrrole nitrogens is 1. The highest BCUT2D eigenvalue weighted by molar-refractivity contribution is 5.90. The minimum atomic E-state index is -0.101. The Morgan fingerprint density at radius 1 is 1.11 bits per heavy atom. The summed E-state index contributed by atoms with van der Waals surface area (Å²) in [6.07, 6.45) is 8.92. The summed E-state index contributed by atoms with van der Waals surface area (Å²) in [5, 5.41) is 1.04. The summed E-state index contributed by atoms with van der Waals surface area (Å²) in [7, 11) is 0. The van der Waals surface area contributed by atoms with Crippen molar-refractivity contribution in [2.24, 2.45) is 0 Å². The molecule has 1 aromatic heterocycles. The molecule has 3 heteroatoms. The summed E-state index contributed by atoms with van der Waals surface area (Å²) in [5.41, 5.74) is 1.69. The first-order valence-corrected chi connectivity index (χ1v) is 6.80. The normalized spacial score (nSPS) is 19.6. The zero-order valence-corrected chi connectivity index (χ0v) is 10.6. The van der Waals surface area contributed by atoms with E-state index in [9.17, 15) is 4.79 Å². The number of fused-ring (bicyclic) bond motifs is 3. The van der Waals surface area contributed by atoms with Gasteiger partial charge in [0.15, 0.2) is 0 Å². The Balaban J connectivity index is 1.92. The van der Waals surface area contributed by atoms with Gasteiger partial charge in [0.1, 0.15) is 11.4 Å². The van der Waals surface area contributed by atoms with Crippen LogP contribution in [0.3, 0.4) is 0 Å². The van der Waals surface area contributed by atoms with Gasteiger partial charge in [-0.05, 0) is 61.4 Å². The van der Waals surface area contributed by atoms with Gasteiger partial charge in [0.2, 0.25) is 5.56 Å². The Morgan fingerprint density at radius 2 is 1.89 bits per heavy atom. The standard InChI is InChI=1S/C16H15NO2/c18-14-6-4-11-3-5-13-12(15(11)17-14)7-10-16(19-13)8-1-2-9-16/h3-7,10H,1-2,8-9H2,(H,17,18). The van der Waals surface area contributed by atoms with Crippen LogP contribution in [0.2, 0.25) is 0 Å². The topological polar surface area (TPSA) is 42.1 Å². The van der Waals surface area contributed by atoms with Crippen molar-refractivity contribution in [2.75, 3.05) is 0 Å². The predicted octanol–water partition coefficient (Wildman–Crippen LogP) is 3.25. The number of aromatic nitrogens is 1. The van der Waals surface area contributed by atoms with Crippen LogP contribution in [0.15, 0.2) is 35.1 Å². The van der Waals surface area contributed by atoms with E-state index >= 15 is 0 Å². The van der Waals surface area contributed by atoms with E-state index < -0.39 is 0 Å². The molecule has 2 aromatic rings. The zero-order chi connectivity index (χ0) is 12.9. The third kappa shape index (κ3) is 1.61. The third-order valence-corrected chi connectivity index (χ3v) is 4.22. The van der Waals surface area contributed by atoms with Gasteiger partial charge in [-0.1, -0.05) is 0 Å². The highest BCUT2D eigenvalue weighted by Gasteiger charge is 2.36. The molecule has 3 nitrogen and oxygen atoms in total. The summed E-state index contributed by atoms with van der Waals surface area (Å²) < 4.78 is 6.22. The summed E-state index contributed by atoms with van der Waals surface area (Å²) >= 11 is 0. The minimum Gasteiger partial charge on any atom is -0.482 e. The number of pyridine rings is 1. The van der Waals surface area contributed by atoms with Gasteiger partial charge >= 0.3 is 0 Å². The van der Waals surface area contributed by atoms with E-state index in [2.05, 4.69) is 17.1 Å². The lowest BCUT2D eigenvalue weighted by Gasteiger charge is -2.31. The van der Waals surface area contributed by atoms with Crippen molar-refractivity contribution in [1.29, 1.82) is 0 Å². The number of nitrogens with one attached hydrogen (secondary N) is 1. The van der Waals surface area contributed by atoms with Gasteiger partial charge in [-0.2, -0.15) is 0 Å². The number of hydrogen-bond donors (Lipinski definition) is 1. The lowest BCUT2D eigenvalue weighted by Crippen LogP contribution is -2.32. The van der Waals surface area contributed by atoms with Crippen molar-refractivity contribution in [3.63, 3.8) is 0 Å². The average Bonchev–Trinajstić information content (AvgIpc) is 2.86. The first kappa shape index (κ1) is 10.9. The average molecular weight is 253 g/mol. The van der Waals surface area contributed by atoms with Gasteiger partial charge in [-0.3, -0.25) is 4.79 Å². The molecule has 96 valence electrons. The molecule has 1 fully saturated rings. The fourth-order valence-electron chi connectivity index (χ4n) is 3.21. The largest absolute Gasteiger partial charge is 0.482 e. The van der Waals surface area contributed by atoms with Crippen molar-refractivity contribution in [1.82, 2.24) is 4.98 Å². The van der Waals surface area contributed by atoms with Gasteiger partial charge in [-0.25, -0.2) is 0 Å². The summed E-state index contributed by atoms with van der Waals surface area (Å²) in [6, 6.07) is 7.42. The van der Waals surface area contributed by atoms with E-state index in [0.717, 1.165) is 35.1 Å². The van der Waals surface area contributed by atoms with Crippen LogP contribution in [0, 0.1) is 0 Å². The minimum absolute atomic E-state index is 0.0737. The first-order valence-electron chi connectivity index (χ1n) is 6.80. The van der Waals surface area contributed by atoms with Gasteiger partial charge in [0, 0.05) is 11.6 Å². The van der Waals surface area contributed by atoms with Crippen molar-refractivity contribution in [3.05, 3.63) is 46.3 Å². The van der Waals surface area contributed by atoms with E-state index in [1.54, 1.807) is 6.07 Å². The monoisotopic (exact) mass is 253 g/mol. The predicted molar refractivity (Wildman–Crippen MR) is 75.4 cm³/mol. The number of hydrogen-bond acceptors (Lipinski definition) is 2. The van der Waals surface area contributed by atoms with Crippen LogP contribution in [0.5, 0.6) is 5.75 Å². The zero-order valence-electron chi connectivity index (χ0n) is 10.6. The van der Waals surface area contributed by atoms with Crippen molar-refractivity contribution in [2.45, 2.75) is 31.3 Å². The molecule has 0 amide bonds. The molecule has 1 aromatic carbocycles. The fourth-order valence-corrected chi connectivity index (χ4v) is 3.21. The molecule has 1 aliphatic carbocycles. The molecule has 1 aliphatic heterocycles. The van der Waals surface area contributed by atoms with Crippen molar-refractivity contribution >= 4 is 17.0 Å². The highest BCUT2D eigenvalue weighted by atomic mass is 16.5. The Morgan fingerprint density at radius 3 is 2.74 bits per heavy atom. The maximum Gasteiger partial charge on any atom is 0.248 e. The highest BCUT2D eigenvalue weighted by Crippen LogP contribution is 2.42. The molecule has 1 saturated carbocycles. The molecular formula is C16H15NO2. The van der Waals surface area contributed by atoms with E-state index in [4.69, 9.17) is 4.74 Å². The van der Waals surface area contributed by atoms with Gasteiger partial charge < -0.3 is 9.72 Å². The molecular weight excluding hydrogens is 238 g/mol. The SMILES string of the molecule is O=c1ccc2ccc3c(c2[nH]1)C=CC1(CCCC1)O3. The van der Waals surface area contributed by atoms with Crippen LogP contribution < -0.4 is 10.3 Å². The second-order valence-electron chi connectivity index (χ2n) is 5.47. The maximum atomic E-state index is 11.5. The quantitative estimate of drug-likeness (QED) is 0.783. The second-order valence-corrected chi connectivity index (χ2v) is 5.47. The van der Waals surface area contributed by atoms with Crippen LogP contribution in [-0.2, 0) is 0 Å². The molecule has 0 saturated heterocycles. The van der Waals surface area contributed by atoms with E-state index in [1.807, 2.05) is 18.2 Å². The van der Waals surface area contributed by atoms with Crippen LogP contribution >= 0.6 is 0 Å². The van der Waals surface area contributed by atoms with E-state index in [-0.39, 0.29) is 11.2 Å². The molecule has 0 bridgehead atoms. The Hall–Kier alpha value is -2.03. The molecule has 2 aliphatic rings. The molecule has 19 heavy (non-hydrogen) atoms. The lowest BCUT2D eigenvalue weighted by atomic mass is 9.95. The number of rotatable bonds is 0. The molecule has 4 rings (SSSR count). The van der Waals surface area contributed by atoms with Crippen LogP contribution in [0.1, 0.15) is 31.2 Å². The first-order chi connectivity index (χ1) is 9.26. The maximum absolute atomic E-state index is 11.5. The Kier molecular flexibility index (Phi) is 2.13. The van der Waals surface area contributed by atoms with Crippen LogP contribution in [0.25, 0.3) is 17.0 Å². The summed E-state index contributed by atoms with van der Waals surface area (Å²) in [5.74, 6) is 0.888. The van der Waals surface area contributed by atoms with Gasteiger partial charge in [-0.15, -0.1) is 0 Å². The van der Waals surface area contributed by atoms with Gasteiger partial charge in [0.05, 0.1) is 5.52 Å². The molecule has 2 heterocycles. The molecule has 0 radical (unpaired) electrons. The lowest BCUT2D eigenvalue weighted by molar-refractivity contribution is 0.125. The van der Waals surface area contributed by atoms with E-state index in [1.165, 1.54) is 12.8 Å². The number of benzene rings is 1. The fraction of sp³-hybridized carbons (Fsp3) is 0.312. The molecule has 1 N–H and O–H groups in total. The molecule has 0 atom stereocenters. The number of aromatic amines is 1. The van der Waals surface area contributed by atoms with Crippen LogP contribution in [0.4, 0.5) is 0 Å². The molecule has 1 spiro atoms. The summed E-state index contributed by atoms with van der Waals surface area (Å²) in [4.78, 5) is 14.4. The van der Waals surface area contributed by atoms with Crippen molar-refractivity contribution < 1.29 is 4.74 Å². The number of ether oxygens (including phenoxy) is 1. The Bertz CT molecular complexity index is 736.